The Kier molecular flexibility index (Phi) is 3.84. The molecule has 0 bridgehead atoms. The van der Waals surface area contributed by atoms with E-state index in [4.69, 9.17) is 10.9 Å². The summed E-state index contributed by atoms with van der Waals surface area (Å²) < 4.78 is 29.2. The van der Waals surface area contributed by atoms with Crippen LogP contribution >= 0.6 is 15.9 Å². The zero-order valence-electron chi connectivity index (χ0n) is 9.65. The van der Waals surface area contributed by atoms with Crippen LogP contribution in [0, 0.1) is 11.6 Å². The molecule has 7 heteroatoms. The molecule has 0 saturated carbocycles. The number of hydrogen-bond acceptors (Lipinski definition) is 2. The Bertz CT molecular complexity index is 640. The second-order valence-electron chi connectivity index (χ2n) is 3.83. The van der Waals surface area contributed by atoms with Crippen LogP contribution in [0.4, 0.5) is 8.78 Å². The number of oxime groups is 1. The second kappa shape index (κ2) is 5.40. The molecule has 0 unspecified atom stereocenters. The van der Waals surface area contributed by atoms with E-state index in [0.717, 1.165) is 0 Å². The number of amidine groups is 1. The molecule has 2 rings (SSSR count). The van der Waals surface area contributed by atoms with Crippen molar-refractivity contribution in [3.63, 3.8) is 0 Å². The molecule has 0 amide bonds. The highest BCUT2D eigenvalue weighted by Gasteiger charge is 2.15. The van der Waals surface area contributed by atoms with Gasteiger partial charge in [-0.15, -0.1) is 0 Å². The van der Waals surface area contributed by atoms with E-state index in [2.05, 4.69) is 21.1 Å². The van der Waals surface area contributed by atoms with Crippen LogP contribution in [0.5, 0.6) is 0 Å². The Morgan fingerprint density at radius 2 is 2.11 bits per heavy atom. The molecule has 1 aromatic heterocycles. The standard InChI is InChI=1S/C12H10BrF2N3O/c13-8-3-4-9(14)7(11(8)15)6-18-5-1-2-10(18)12(16)17-19/h1-5,19H,6H2,(H2,16,17). The lowest BCUT2D eigenvalue weighted by molar-refractivity contribution is 0.318. The van der Waals surface area contributed by atoms with Gasteiger partial charge in [0.25, 0.3) is 0 Å². The van der Waals surface area contributed by atoms with Gasteiger partial charge in [0, 0.05) is 11.8 Å². The van der Waals surface area contributed by atoms with E-state index in [9.17, 15) is 8.78 Å². The first-order chi connectivity index (χ1) is 9.04. The van der Waals surface area contributed by atoms with E-state index < -0.39 is 11.6 Å². The molecular formula is C12H10BrF2N3O. The van der Waals surface area contributed by atoms with Crippen LogP contribution < -0.4 is 5.73 Å². The maximum absolute atomic E-state index is 13.9. The van der Waals surface area contributed by atoms with Crippen molar-refractivity contribution in [3.05, 3.63) is 57.8 Å². The van der Waals surface area contributed by atoms with Gasteiger partial charge in [-0.1, -0.05) is 5.16 Å². The number of hydrogen-bond donors (Lipinski definition) is 2. The van der Waals surface area contributed by atoms with Gasteiger partial charge in [0.15, 0.2) is 5.84 Å². The zero-order chi connectivity index (χ0) is 14.0. The molecule has 4 nitrogen and oxygen atoms in total. The topological polar surface area (TPSA) is 63.5 Å². The fourth-order valence-corrected chi connectivity index (χ4v) is 2.09. The predicted molar refractivity (Wildman–Crippen MR) is 70.1 cm³/mol. The molecule has 0 aliphatic rings. The molecule has 0 saturated heterocycles. The molecule has 0 atom stereocenters. The highest BCUT2D eigenvalue weighted by molar-refractivity contribution is 9.10. The predicted octanol–water partition coefficient (Wildman–Crippen LogP) is 2.67. The SMILES string of the molecule is N/C(=N/O)c1cccn1Cc1c(F)ccc(Br)c1F. The lowest BCUT2D eigenvalue weighted by Crippen LogP contribution is -2.19. The van der Waals surface area contributed by atoms with Crippen LogP contribution in [0.25, 0.3) is 0 Å². The van der Waals surface area contributed by atoms with Crippen LogP contribution in [-0.4, -0.2) is 15.6 Å². The summed E-state index contributed by atoms with van der Waals surface area (Å²) in [5.74, 6) is -1.44. The summed E-state index contributed by atoms with van der Waals surface area (Å²) in [6.45, 7) is -0.0599. The van der Waals surface area contributed by atoms with Crippen LogP contribution in [-0.2, 0) is 6.54 Å². The lowest BCUT2D eigenvalue weighted by atomic mass is 10.2. The maximum Gasteiger partial charge on any atom is 0.186 e. The third kappa shape index (κ3) is 2.60. The van der Waals surface area contributed by atoms with Crippen LogP contribution in [0.2, 0.25) is 0 Å². The third-order valence-electron chi connectivity index (χ3n) is 2.67. The minimum atomic E-state index is -0.667. The van der Waals surface area contributed by atoms with Crippen molar-refractivity contribution in [1.29, 1.82) is 0 Å². The van der Waals surface area contributed by atoms with Crippen molar-refractivity contribution in [2.45, 2.75) is 6.54 Å². The molecule has 3 N–H and O–H groups in total. The first kappa shape index (κ1) is 13.5. The highest BCUT2D eigenvalue weighted by Crippen LogP contribution is 2.23. The van der Waals surface area contributed by atoms with Crippen LogP contribution in [0.3, 0.4) is 0 Å². The van der Waals surface area contributed by atoms with Gasteiger partial charge in [-0.2, -0.15) is 0 Å². The smallest absolute Gasteiger partial charge is 0.186 e. The number of halogens is 3. The molecule has 100 valence electrons. The lowest BCUT2D eigenvalue weighted by Gasteiger charge is -2.10. The molecular weight excluding hydrogens is 320 g/mol. The molecule has 0 fully saturated rings. The van der Waals surface area contributed by atoms with Crippen molar-refractivity contribution in [2.75, 3.05) is 0 Å². The minimum absolute atomic E-state index is 0.0599. The van der Waals surface area contributed by atoms with Crippen molar-refractivity contribution in [2.24, 2.45) is 10.9 Å². The number of nitrogens with zero attached hydrogens (tertiary/aromatic N) is 2. The van der Waals surface area contributed by atoms with E-state index in [1.807, 2.05) is 0 Å². The zero-order valence-corrected chi connectivity index (χ0v) is 11.2. The molecule has 19 heavy (non-hydrogen) atoms. The Hall–Kier alpha value is -1.89. The number of benzene rings is 1. The fraction of sp³-hybridized carbons (Fsp3) is 0.0833. The Labute approximate surface area is 116 Å². The van der Waals surface area contributed by atoms with Gasteiger partial charge in [0.1, 0.15) is 11.6 Å². The van der Waals surface area contributed by atoms with Crippen molar-refractivity contribution < 1.29 is 14.0 Å². The molecule has 0 aliphatic carbocycles. The molecule has 0 radical (unpaired) electrons. The minimum Gasteiger partial charge on any atom is -0.409 e. The normalized spacial score (nSPS) is 11.8. The number of aromatic nitrogens is 1. The second-order valence-corrected chi connectivity index (χ2v) is 4.68. The summed E-state index contributed by atoms with van der Waals surface area (Å²) in [5, 5.41) is 11.5. The monoisotopic (exact) mass is 329 g/mol. The van der Waals surface area contributed by atoms with Gasteiger partial charge in [0.05, 0.1) is 16.7 Å². The molecule has 1 aromatic carbocycles. The summed E-state index contributed by atoms with van der Waals surface area (Å²) in [6, 6.07) is 5.70. The molecule has 1 heterocycles. The molecule has 2 aromatic rings. The van der Waals surface area contributed by atoms with E-state index in [1.54, 1.807) is 18.3 Å². The summed E-state index contributed by atoms with van der Waals surface area (Å²) in [6.07, 6.45) is 1.59. The van der Waals surface area contributed by atoms with E-state index in [-0.39, 0.29) is 22.4 Å². The van der Waals surface area contributed by atoms with E-state index in [0.29, 0.717) is 5.69 Å². The van der Waals surface area contributed by atoms with Gasteiger partial charge < -0.3 is 15.5 Å². The first-order valence-corrected chi connectivity index (χ1v) is 6.09. The highest BCUT2D eigenvalue weighted by atomic mass is 79.9. The Morgan fingerprint density at radius 1 is 1.37 bits per heavy atom. The average Bonchev–Trinajstić information content (AvgIpc) is 2.86. The maximum atomic E-state index is 13.9. The first-order valence-electron chi connectivity index (χ1n) is 5.30. The van der Waals surface area contributed by atoms with Crippen molar-refractivity contribution >= 4 is 21.8 Å². The Morgan fingerprint density at radius 3 is 2.79 bits per heavy atom. The number of rotatable bonds is 3. The van der Waals surface area contributed by atoms with Gasteiger partial charge in [-0.3, -0.25) is 0 Å². The van der Waals surface area contributed by atoms with Gasteiger partial charge in [-0.25, -0.2) is 8.78 Å². The summed E-state index contributed by atoms with van der Waals surface area (Å²) in [7, 11) is 0. The summed E-state index contributed by atoms with van der Waals surface area (Å²) in [4.78, 5) is 0. The quantitative estimate of drug-likeness (QED) is 0.299. The average molecular weight is 330 g/mol. The number of nitrogens with two attached hydrogens (primary N) is 1. The van der Waals surface area contributed by atoms with Crippen molar-refractivity contribution in [1.82, 2.24) is 4.57 Å². The van der Waals surface area contributed by atoms with Crippen LogP contribution in [0.1, 0.15) is 11.3 Å². The van der Waals surface area contributed by atoms with Gasteiger partial charge in [-0.05, 0) is 40.2 Å². The fourth-order valence-electron chi connectivity index (χ4n) is 1.72. The van der Waals surface area contributed by atoms with Crippen molar-refractivity contribution in [3.8, 4) is 0 Å². The Balaban J connectivity index is 2.43. The largest absolute Gasteiger partial charge is 0.409 e. The molecule has 0 spiro atoms. The van der Waals surface area contributed by atoms with Gasteiger partial charge in [0.2, 0.25) is 0 Å². The van der Waals surface area contributed by atoms with E-state index in [1.165, 1.54) is 16.7 Å². The summed E-state index contributed by atoms with van der Waals surface area (Å²) in [5.41, 5.74) is 5.76. The third-order valence-corrected chi connectivity index (χ3v) is 3.28. The molecule has 0 aliphatic heterocycles. The summed E-state index contributed by atoms with van der Waals surface area (Å²) >= 11 is 3.01. The van der Waals surface area contributed by atoms with E-state index >= 15 is 0 Å². The van der Waals surface area contributed by atoms with Crippen LogP contribution in [0.15, 0.2) is 40.1 Å². The van der Waals surface area contributed by atoms with Gasteiger partial charge >= 0.3 is 0 Å².